The first kappa shape index (κ1) is 16.9. The summed E-state index contributed by atoms with van der Waals surface area (Å²) >= 11 is 7.49. The van der Waals surface area contributed by atoms with Crippen molar-refractivity contribution in [3.05, 3.63) is 45.1 Å². The molecule has 5 nitrogen and oxygen atoms in total. The molecule has 22 heavy (non-hydrogen) atoms. The molecule has 1 unspecified atom stereocenters. The maximum atomic E-state index is 12.3. The maximum absolute atomic E-state index is 12.3. The van der Waals surface area contributed by atoms with Crippen molar-refractivity contribution in [3.8, 4) is 0 Å². The number of hydrogen-bond acceptors (Lipinski definition) is 5. The Balaban J connectivity index is 2.11. The molecule has 0 saturated heterocycles. The minimum Gasteiger partial charge on any atom is -0.384 e. The van der Waals surface area contributed by atoms with Crippen molar-refractivity contribution in [3.63, 3.8) is 0 Å². The van der Waals surface area contributed by atoms with Crippen molar-refractivity contribution >= 4 is 28.8 Å². The molecule has 2 N–H and O–H groups in total. The van der Waals surface area contributed by atoms with E-state index < -0.39 is 11.5 Å². The first-order valence-corrected chi connectivity index (χ1v) is 8.19. The second-order valence-electron chi connectivity index (χ2n) is 5.55. The van der Waals surface area contributed by atoms with E-state index in [-0.39, 0.29) is 23.2 Å². The second kappa shape index (κ2) is 6.73. The van der Waals surface area contributed by atoms with Crippen molar-refractivity contribution in [1.82, 2.24) is 15.3 Å². The van der Waals surface area contributed by atoms with E-state index in [1.807, 2.05) is 30.7 Å². The number of carbonyl (C=O) groups is 1. The molecule has 118 valence electrons. The topological polar surface area (TPSA) is 75.1 Å². The zero-order valence-electron chi connectivity index (χ0n) is 12.6. The van der Waals surface area contributed by atoms with Crippen LogP contribution in [0.4, 0.5) is 0 Å². The Kier molecular flexibility index (Phi) is 5.16. The zero-order chi connectivity index (χ0) is 16.3. The Morgan fingerprint density at radius 1 is 1.55 bits per heavy atom. The quantitative estimate of drug-likeness (QED) is 0.878. The number of nitrogens with zero attached hydrogens (tertiary/aromatic N) is 2. The third-order valence-corrected chi connectivity index (χ3v) is 4.19. The van der Waals surface area contributed by atoms with E-state index in [9.17, 15) is 9.90 Å². The zero-order valence-corrected chi connectivity index (χ0v) is 14.2. The molecule has 0 saturated carbocycles. The van der Waals surface area contributed by atoms with E-state index in [1.165, 1.54) is 17.5 Å². The van der Waals surface area contributed by atoms with Gasteiger partial charge in [0.25, 0.3) is 5.91 Å². The summed E-state index contributed by atoms with van der Waals surface area (Å²) in [5, 5.41) is 17.0. The molecule has 0 aliphatic rings. The van der Waals surface area contributed by atoms with E-state index in [1.54, 1.807) is 6.92 Å². The molecule has 0 radical (unpaired) electrons. The van der Waals surface area contributed by atoms with Crippen molar-refractivity contribution in [2.75, 3.05) is 6.54 Å². The molecule has 0 aliphatic heterocycles. The van der Waals surface area contributed by atoms with E-state index in [0.717, 1.165) is 5.56 Å². The van der Waals surface area contributed by atoms with Crippen LogP contribution >= 0.6 is 22.9 Å². The molecule has 0 bridgehead atoms. The van der Waals surface area contributed by atoms with E-state index >= 15 is 0 Å². The van der Waals surface area contributed by atoms with Crippen LogP contribution in [-0.4, -0.2) is 27.5 Å². The molecule has 0 aromatic carbocycles. The summed E-state index contributed by atoms with van der Waals surface area (Å²) in [5.74, 6) is 0.224. The minimum atomic E-state index is -1.14. The Bertz CT molecular complexity index is 657. The Hall–Kier alpha value is -1.50. The van der Waals surface area contributed by atoms with Crippen LogP contribution in [0.25, 0.3) is 0 Å². The summed E-state index contributed by atoms with van der Waals surface area (Å²) in [6, 6.07) is 1.82. The third kappa shape index (κ3) is 3.82. The number of nitrogens with one attached hydrogen (secondary N) is 1. The molecular formula is C15H18ClN3O2S. The SMILES string of the molecule is CC(C)c1ncc(Cl)c(C(=O)NCC(C)(O)c2ccsc2)n1. The smallest absolute Gasteiger partial charge is 0.271 e. The van der Waals surface area contributed by atoms with Gasteiger partial charge in [-0.25, -0.2) is 9.97 Å². The summed E-state index contributed by atoms with van der Waals surface area (Å²) in [6.45, 7) is 5.59. The average Bonchev–Trinajstić information content (AvgIpc) is 3.00. The van der Waals surface area contributed by atoms with Crippen LogP contribution in [0.15, 0.2) is 23.0 Å². The van der Waals surface area contributed by atoms with Crippen LogP contribution in [-0.2, 0) is 5.60 Å². The lowest BCUT2D eigenvalue weighted by Crippen LogP contribution is -2.38. The molecule has 2 aromatic rings. The number of aliphatic hydroxyl groups is 1. The van der Waals surface area contributed by atoms with Gasteiger partial charge in [-0.1, -0.05) is 25.4 Å². The minimum absolute atomic E-state index is 0.0694. The molecule has 2 heterocycles. The normalized spacial score (nSPS) is 13.9. The number of halogens is 1. The van der Waals surface area contributed by atoms with Crippen molar-refractivity contribution in [1.29, 1.82) is 0 Å². The fraction of sp³-hybridized carbons (Fsp3) is 0.400. The standard InChI is InChI=1S/C15H18ClN3O2S/c1-9(2)13-17-6-11(16)12(19-13)14(20)18-8-15(3,21)10-4-5-22-7-10/h4-7,9,21H,8H2,1-3H3,(H,18,20). The number of thiophene rings is 1. The molecule has 7 heteroatoms. The highest BCUT2D eigenvalue weighted by Gasteiger charge is 2.25. The van der Waals surface area contributed by atoms with Crippen molar-refractivity contribution in [2.45, 2.75) is 32.3 Å². The number of amides is 1. The molecule has 2 aromatic heterocycles. The van der Waals surface area contributed by atoms with Gasteiger partial charge in [0, 0.05) is 5.92 Å². The largest absolute Gasteiger partial charge is 0.384 e. The molecular weight excluding hydrogens is 322 g/mol. The number of hydrogen-bond donors (Lipinski definition) is 2. The lowest BCUT2D eigenvalue weighted by atomic mass is 9.99. The highest BCUT2D eigenvalue weighted by molar-refractivity contribution is 7.08. The van der Waals surface area contributed by atoms with Crippen LogP contribution in [0.5, 0.6) is 0 Å². The first-order chi connectivity index (χ1) is 10.3. The van der Waals surface area contributed by atoms with Crippen LogP contribution in [0, 0.1) is 0 Å². The fourth-order valence-corrected chi connectivity index (χ4v) is 2.79. The average molecular weight is 340 g/mol. The lowest BCUT2D eigenvalue weighted by molar-refractivity contribution is 0.0528. The maximum Gasteiger partial charge on any atom is 0.271 e. The summed E-state index contributed by atoms with van der Waals surface area (Å²) in [7, 11) is 0. The van der Waals surface area contributed by atoms with Gasteiger partial charge in [0.1, 0.15) is 17.1 Å². The highest BCUT2D eigenvalue weighted by Crippen LogP contribution is 2.22. The molecule has 0 aliphatic carbocycles. The van der Waals surface area contributed by atoms with Crippen molar-refractivity contribution in [2.24, 2.45) is 0 Å². The summed E-state index contributed by atoms with van der Waals surface area (Å²) < 4.78 is 0. The lowest BCUT2D eigenvalue weighted by Gasteiger charge is -2.22. The molecule has 1 amide bonds. The number of carbonyl (C=O) groups excluding carboxylic acids is 1. The molecule has 0 fully saturated rings. The second-order valence-corrected chi connectivity index (χ2v) is 6.74. The van der Waals surface area contributed by atoms with Gasteiger partial charge in [-0.2, -0.15) is 11.3 Å². The van der Waals surface area contributed by atoms with Crippen LogP contribution in [0.2, 0.25) is 5.02 Å². The molecule has 2 rings (SSSR count). The van der Waals surface area contributed by atoms with Gasteiger partial charge >= 0.3 is 0 Å². The molecule has 1 atom stereocenters. The predicted octanol–water partition coefficient (Wildman–Crippen LogP) is 2.95. The Morgan fingerprint density at radius 2 is 2.27 bits per heavy atom. The van der Waals surface area contributed by atoms with E-state index in [4.69, 9.17) is 11.6 Å². The third-order valence-electron chi connectivity index (χ3n) is 3.23. The highest BCUT2D eigenvalue weighted by atomic mass is 35.5. The fourth-order valence-electron chi connectivity index (χ4n) is 1.83. The van der Waals surface area contributed by atoms with Gasteiger partial charge in [0.15, 0.2) is 0 Å². The number of aromatic nitrogens is 2. The monoisotopic (exact) mass is 339 g/mol. The first-order valence-electron chi connectivity index (χ1n) is 6.87. The van der Waals surface area contributed by atoms with Crippen molar-refractivity contribution < 1.29 is 9.90 Å². The van der Waals surface area contributed by atoms with Gasteiger partial charge < -0.3 is 10.4 Å². The van der Waals surface area contributed by atoms with Gasteiger partial charge in [0.05, 0.1) is 17.8 Å². The van der Waals surface area contributed by atoms with Gasteiger partial charge in [0.2, 0.25) is 0 Å². The number of rotatable bonds is 5. The molecule has 0 spiro atoms. The Morgan fingerprint density at radius 3 is 2.86 bits per heavy atom. The Labute approximate surface area is 138 Å². The van der Waals surface area contributed by atoms with E-state index in [2.05, 4.69) is 15.3 Å². The van der Waals surface area contributed by atoms with Gasteiger partial charge in [-0.05, 0) is 29.3 Å². The van der Waals surface area contributed by atoms with Gasteiger partial charge in [-0.15, -0.1) is 0 Å². The summed E-state index contributed by atoms with van der Waals surface area (Å²) in [6.07, 6.45) is 1.43. The van der Waals surface area contributed by atoms with Crippen LogP contribution < -0.4 is 5.32 Å². The summed E-state index contributed by atoms with van der Waals surface area (Å²) in [5.41, 5.74) is -0.258. The predicted molar refractivity (Wildman–Crippen MR) is 87.4 cm³/mol. The van der Waals surface area contributed by atoms with Crippen LogP contribution in [0.1, 0.15) is 48.6 Å². The summed E-state index contributed by atoms with van der Waals surface area (Å²) in [4.78, 5) is 20.6. The van der Waals surface area contributed by atoms with Crippen LogP contribution in [0.3, 0.4) is 0 Å². The van der Waals surface area contributed by atoms with Gasteiger partial charge in [-0.3, -0.25) is 4.79 Å². The van der Waals surface area contributed by atoms with E-state index in [0.29, 0.717) is 5.82 Å².